The third kappa shape index (κ3) is 4.91. The number of alkyl halides is 3. The molecule has 0 unspecified atom stereocenters. The molecule has 2 aromatic heterocycles. The molecule has 0 saturated heterocycles. The monoisotopic (exact) mass is 460 g/mol. The van der Waals surface area contributed by atoms with Crippen LogP contribution >= 0.6 is 11.8 Å². The molecular formula is C22H16F4N4OS. The van der Waals surface area contributed by atoms with Crippen molar-refractivity contribution < 1.29 is 22.4 Å². The van der Waals surface area contributed by atoms with E-state index in [9.17, 15) is 22.4 Å². The number of anilines is 1. The van der Waals surface area contributed by atoms with Crippen molar-refractivity contribution in [2.24, 2.45) is 0 Å². The predicted octanol–water partition coefficient (Wildman–Crippen LogP) is 5.52. The fraction of sp³-hybridized carbons (Fsp3) is 0.136. The van der Waals surface area contributed by atoms with Gasteiger partial charge in [-0.05, 0) is 35.9 Å². The fourth-order valence-corrected chi connectivity index (χ4v) is 4.02. The van der Waals surface area contributed by atoms with Gasteiger partial charge in [0, 0.05) is 11.9 Å². The van der Waals surface area contributed by atoms with Crippen molar-refractivity contribution >= 4 is 34.5 Å². The minimum Gasteiger partial charge on any atom is -0.322 e. The average Bonchev–Trinajstić information content (AvgIpc) is 3.11. The zero-order chi connectivity index (χ0) is 22.7. The molecule has 0 spiro atoms. The third-order valence-electron chi connectivity index (χ3n) is 4.54. The van der Waals surface area contributed by atoms with Crippen molar-refractivity contribution in [2.45, 2.75) is 23.6 Å². The van der Waals surface area contributed by atoms with Crippen molar-refractivity contribution in [1.82, 2.24) is 14.5 Å². The zero-order valence-electron chi connectivity index (χ0n) is 16.4. The number of thioether (sulfide) groups is 1. The number of fused-ring (bicyclic) bond motifs is 1. The van der Waals surface area contributed by atoms with Crippen molar-refractivity contribution in [2.75, 3.05) is 5.32 Å². The number of para-hydroxylation sites is 1. The van der Waals surface area contributed by atoms with Gasteiger partial charge in [-0.25, -0.2) is 14.4 Å². The van der Waals surface area contributed by atoms with Gasteiger partial charge in [-0.2, -0.15) is 13.2 Å². The lowest BCUT2D eigenvalue weighted by Crippen LogP contribution is -2.20. The normalized spacial score (nSPS) is 11.6. The Balaban J connectivity index is 1.57. The first-order valence-corrected chi connectivity index (χ1v) is 10.4. The van der Waals surface area contributed by atoms with Crippen LogP contribution in [0.25, 0.3) is 11.2 Å². The summed E-state index contributed by atoms with van der Waals surface area (Å²) in [4.78, 5) is 21.3. The maximum Gasteiger partial charge on any atom is 0.416 e. The van der Waals surface area contributed by atoms with Crippen molar-refractivity contribution in [1.29, 1.82) is 0 Å². The minimum absolute atomic E-state index is 0.0491. The molecule has 2 aromatic carbocycles. The summed E-state index contributed by atoms with van der Waals surface area (Å²) >= 11 is 1.19. The van der Waals surface area contributed by atoms with Gasteiger partial charge in [0.2, 0.25) is 5.91 Å². The van der Waals surface area contributed by atoms with Crippen LogP contribution in [0.4, 0.5) is 23.2 Å². The number of pyridine rings is 1. The quantitative estimate of drug-likeness (QED) is 0.304. The maximum atomic E-state index is 13.9. The van der Waals surface area contributed by atoms with Crippen molar-refractivity contribution in [3.63, 3.8) is 0 Å². The molecule has 0 aliphatic heterocycles. The molecule has 0 radical (unpaired) electrons. The van der Waals surface area contributed by atoms with Crippen LogP contribution < -0.4 is 5.32 Å². The number of halogens is 4. The largest absolute Gasteiger partial charge is 0.416 e. The number of nitrogens with zero attached hydrogens (tertiary/aromatic N) is 3. The van der Waals surface area contributed by atoms with Gasteiger partial charge >= 0.3 is 6.18 Å². The lowest BCUT2D eigenvalue weighted by Gasteiger charge is -2.11. The second-order valence-electron chi connectivity index (χ2n) is 6.84. The van der Waals surface area contributed by atoms with Crippen LogP contribution in [0.2, 0.25) is 0 Å². The zero-order valence-corrected chi connectivity index (χ0v) is 17.3. The molecular weight excluding hydrogens is 444 g/mol. The van der Waals surface area contributed by atoms with Gasteiger partial charge in [0.15, 0.2) is 10.8 Å². The standard InChI is InChI=1S/C22H16F4N4OS/c23-16-7-1-2-8-17(16)28-19(31)12-30-20-18(9-4-10-27-20)29-21(30)32-13-14-5-3-6-15(11-14)22(24,25)26/h1-11H,12-13H2,(H,28,31). The summed E-state index contributed by atoms with van der Waals surface area (Å²) in [6.45, 7) is -0.188. The van der Waals surface area contributed by atoms with E-state index in [0.717, 1.165) is 12.1 Å². The lowest BCUT2D eigenvalue weighted by atomic mass is 10.1. The summed E-state index contributed by atoms with van der Waals surface area (Å²) in [5.41, 5.74) is 0.774. The van der Waals surface area contributed by atoms with E-state index in [-0.39, 0.29) is 18.0 Å². The molecule has 0 bridgehead atoms. The van der Waals surface area contributed by atoms with Gasteiger partial charge < -0.3 is 5.32 Å². The van der Waals surface area contributed by atoms with Gasteiger partial charge in [0.05, 0.1) is 11.3 Å². The first-order chi connectivity index (χ1) is 15.3. The van der Waals surface area contributed by atoms with Crippen LogP contribution in [0.15, 0.2) is 72.0 Å². The summed E-state index contributed by atoms with van der Waals surface area (Å²) in [5.74, 6) is -0.836. The Morgan fingerprint density at radius 1 is 1.06 bits per heavy atom. The topological polar surface area (TPSA) is 59.8 Å². The molecule has 5 nitrogen and oxygen atoms in total. The van der Waals surface area contributed by atoms with Gasteiger partial charge in [-0.1, -0.05) is 42.1 Å². The number of carbonyl (C=O) groups is 1. The average molecular weight is 460 g/mol. The molecule has 0 fully saturated rings. The van der Waals surface area contributed by atoms with E-state index >= 15 is 0 Å². The smallest absolute Gasteiger partial charge is 0.322 e. The second kappa shape index (κ2) is 8.99. The van der Waals surface area contributed by atoms with Crippen LogP contribution in [0.5, 0.6) is 0 Å². The number of nitrogens with one attached hydrogen (secondary N) is 1. The highest BCUT2D eigenvalue weighted by Crippen LogP contribution is 2.31. The third-order valence-corrected chi connectivity index (χ3v) is 5.59. The highest BCUT2D eigenvalue weighted by molar-refractivity contribution is 7.98. The van der Waals surface area contributed by atoms with Crippen molar-refractivity contribution in [3.05, 3.63) is 83.8 Å². The van der Waals surface area contributed by atoms with E-state index in [4.69, 9.17) is 0 Å². The van der Waals surface area contributed by atoms with Gasteiger partial charge in [0.25, 0.3) is 0 Å². The number of carbonyl (C=O) groups excluding carboxylic acids is 1. The highest BCUT2D eigenvalue weighted by atomic mass is 32.2. The number of imidazole rings is 1. The molecule has 0 aliphatic rings. The number of amides is 1. The van der Waals surface area contributed by atoms with Crippen LogP contribution in [-0.4, -0.2) is 20.4 Å². The molecule has 1 N–H and O–H groups in total. The Morgan fingerprint density at radius 3 is 2.66 bits per heavy atom. The molecule has 1 amide bonds. The van der Waals surface area contributed by atoms with E-state index in [1.807, 2.05) is 0 Å². The van der Waals surface area contributed by atoms with E-state index in [1.165, 1.54) is 36.0 Å². The Kier molecular flexibility index (Phi) is 6.13. The molecule has 164 valence electrons. The predicted molar refractivity (Wildman–Crippen MR) is 114 cm³/mol. The summed E-state index contributed by atoms with van der Waals surface area (Å²) in [7, 11) is 0. The summed E-state index contributed by atoms with van der Waals surface area (Å²) in [5, 5.41) is 2.93. The maximum absolute atomic E-state index is 13.9. The molecule has 4 rings (SSSR count). The number of benzene rings is 2. The summed E-state index contributed by atoms with van der Waals surface area (Å²) < 4.78 is 54.4. The molecule has 2 heterocycles. The summed E-state index contributed by atoms with van der Waals surface area (Å²) in [6.07, 6.45) is -2.88. The molecule has 0 aliphatic carbocycles. The Hall–Kier alpha value is -3.40. The highest BCUT2D eigenvalue weighted by Gasteiger charge is 2.30. The number of hydrogen-bond donors (Lipinski definition) is 1. The van der Waals surface area contributed by atoms with E-state index in [2.05, 4.69) is 15.3 Å². The van der Waals surface area contributed by atoms with E-state index in [1.54, 1.807) is 35.0 Å². The fourth-order valence-electron chi connectivity index (χ4n) is 3.07. The number of hydrogen-bond acceptors (Lipinski definition) is 4. The van der Waals surface area contributed by atoms with E-state index < -0.39 is 23.5 Å². The van der Waals surface area contributed by atoms with Crippen molar-refractivity contribution in [3.8, 4) is 0 Å². The van der Waals surface area contributed by atoms with Crippen LogP contribution in [0, 0.1) is 5.82 Å². The molecule has 32 heavy (non-hydrogen) atoms. The van der Waals surface area contributed by atoms with E-state index in [0.29, 0.717) is 21.9 Å². The number of rotatable bonds is 6. The van der Waals surface area contributed by atoms with Gasteiger partial charge in [0.1, 0.15) is 17.9 Å². The molecule has 0 saturated carbocycles. The molecule has 4 aromatic rings. The first kappa shape index (κ1) is 21.8. The summed E-state index contributed by atoms with van der Waals surface area (Å²) in [6, 6.07) is 14.3. The number of aromatic nitrogens is 3. The molecule has 0 atom stereocenters. The van der Waals surface area contributed by atoms with Gasteiger partial charge in [-0.3, -0.25) is 9.36 Å². The second-order valence-corrected chi connectivity index (χ2v) is 7.78. The Bertz CT molecular complexity index is 1270. The first-order valence-electron chi connectivity index (χ1n) is 9.46. The lowest BCUT2D eigenvalue weighted by molar-refractivity contribution is -0.137. The Labute approximate surface area is 184 Å². The van der Waals surface area contributed by atoms with Crippen LogP contribution in [0.3, 0.4) is 0 Å². The minimum atomic E-state index is -4.43. The van der Waals surface area contributed by atoms with Gasteiger partial charge in [-0.15, -0.1) is 0 Å². The SMILES string of the molecule is O=C(Cn1c(SCc2cccc(C(F)(F)F)c2)nc2cccnc21)Nc1ccccc1F. The van der Waals surface area contributed by atoms with Crippen LogP contribution in [0.1, 0.15) is 11.1 Å². The van der Waals surface area contributed by atoms with Crippen LogP contribution in [-0.2, 0) is 23.3 Å². The molecule has 10 heteroatoms. The Morgan fingerprint density at radius 2 is 1.88 bits per heavy atom.